The number of aliphatic hydroxyl groups is 1. The van der Waals surface area contributed by atoms with E-state index < -0.39 is 39.2 Å². The second-order valence-corrected chi connectivity index (χ2v) is 11.0. The Bertz CT molecular complexity index is 1450. The van der Waals surface area contributed by atoms with Gasteiger partial charge in [0.05, 0.1) is 17.2 Å². The summed E-state index contributed by atoms with van der Waals surface area (Å²) in [4.78, 5) is 11.4. The molecule has 188 valence electrons. The number of nitrogens with zero attached hydrogens (tertiary/aromatic N) is 1. The lowest BCUT2D eigenvalue weighted by Crippen LogP contribution is -2.35. The summed E-state index contributed by atoms with van der Waals surface area (Å²) < 4.78 is 55.2. The van der Waals surface area contributed by atoms with Gasteiger partial charge in [0, 0.05) is 22.9 Å². The van der Waals surface area contributed by atoms with Crippen LogP contribution in [-0.4, -0.2) is 30.3 Å². The van der Waals surface area contributed by atoms with Gasteiger partial charge in [0.25, 0.3) is 0 Å². The molecule has 35 heavy (non-hydrogen) atoms. The third kappa shape index (κ3) is 4.70. The van der Waals surface area contributed by atoms with Crippen LogP contribution in [0, 0.1) is 12.7 Å². The summed E-state index contributed by atoms with van der Waals surface area (Å²) in [5.74, 6) is -2.85. The van der Waals surface area contributed by atoms with Crippen molar-refractivity contribution < 1.29 is 27.1 Å². The van der Waals surface area contributed by atoms with Crippen LogP contribution >= 0.6 is 23.2 Å². The van der Waals surface area contributed by atoms with E-state index in [2.05, 4.69) is 14.9 Å². The molecule has 1 aliphatic rings. The maximum absolute atomic E-state index is 14.9. The fourth-order valence-electron chi connectivity index (χ4n) is 4.24. The summed E-state index contributed by atoms with van der Waals surface area (Å²) in [6.45, 7) is 4.71. The minimum Gasteiger partial charge on any atom is -0.492 e. The molecule has 4 rings (SSSR count). The van der Waals surface area contributed by atoms with Crippen molar-refractivity contribution in [1.82, 2.24) is 14.9 Å². The van der Waals surface area contributed by atoms with Crippen LogP contribution in [0.5, 0.6) is 5.75 Å². The molecule has 2 heterocycles. The van der Waals surface area contributed by atoms with Crippen molar-refractivity contribution in [2.24, 2.45) is 0 Å². The molecule has 2 aromatic carbocycles. The number of ether oxygens (including phenoxy) is 1. The number of aromatic amines is 1. The van der Waals surface area contributed by atoms with Gasteiger partial charge in [0.1, 0.15) is 22.5 Å². The third-order valence-corrected chi connectivity index (χ3v) is 8.28. The fraction of sp³-hybridized carbons (Fsp3) is 0.364. The molecular weight excluding hydrogens is 524 g/mol. The predicted octanol–water partition coefficient (Wildman–Crippen LogP) is 3.93. The highest BCUT2D eigenvalue weighted by molar-refractivity contribution is 7.89. The molecule has 1 aromatic heterocycles. The first-order chi connectivity index (χ1) is 16.3. The standard InChI is InChI=1S/C22H22Cl2FN3O6S/c1-10-12(23)4-6-14(25)16(10)11(2)18(20-26-27-21(29)34-20)28-35(31,32)15-7-5-13(24)17-19(15)33-9-8-22(17,3)30/h4-7,11,18,28,30H,8-9H2,1-3H3,(H,27,29)/t11-,18+,22-/m1/s1. The number of sulfonamides is 1. The van der Waals surface area contributed by atoms with Crippen LogP contribution < -0.4 is 15.2 Å². The number of hydrogen-bond acceptors (Lipinski definition) is 7. The van der Waals surface area contributed by atoms with Crippen LogP contribution in [0.3, 0.4) is 0 Å². The fourth-order valence-corrected chi connectivity index (χ4v) is 6.17. The molecule has 0 aliphatic carbocycles. The molecule has 3 atom stereocenters. The van der Waals surface area contributed by atoms with E-state index in [0.717, 1.165) is 0 Å². The summed E-state index contributed by atoms with van der Waals surface area (Å²) in [6.07, 6.45) is 0.210. The van der Waals surface area contributed by atoms with E-state index in [1.807, 2.05) is 0 Å². The van der Waals surface area contributed by atoms with Gasteiger partial charge in [0.15, 0.2) is 0 Å². The highest BCUT2D eigenvalue weighted by atomic mass is 35.5. The Morgan fingerprint density at radius 3 is 2.60 bits per heavy atom. The highest BCUT2D eigenvalue weighted by Crippen LogP contribution is 2.45. The van der Waals surface area contributed by atoms with Gasteiger partial charge < -0.3 is 14.3 Å². The molecule has 0 unspecified atom stereocenters. The lowest BCUT2D eigenvalue weighted by atomic mass is 9.90. The molecule has 9 nitrogen and oxygen atoms in total. The van der Waals surface area contributed by atoms with Gasteiger partial charge in [0.2, 0.25) is 15.9 Å². The largest absolute Gasteiger partial charge is 0.492 e. The van der Waals surface area contributed by atoms with Gasteiger partial charge in [-0.2, -0.15) is 4.72 Å². The summed E-state index contributed by atoms with van der Waals surface area (Å²) in [7, 11) is -4.41. The first kappa shape index (κ1) is 25.6. The Balaban J connectivity index is 1.84. The summed E-state index contributed by atoms with van der Waals surface area (Å²) in [6, 6.07) is 3.81. The van der Waals surface area contributed by atoms with Gasteiger partial charge in [-0.05, 0) is 49.2 Å². The predicted molar refractivity (Wildman–Crippen MR) is 126 cm³/mol. The van der Waals surface area contributed by atoms with Gasteiger partial charge in [-0.25, -0.2) is 22.7 Å². The number of rotatable bonds is 6. The molecule has 0 saturated carbocycles. The molecular formula is C22H22Cl2FN3O6S. The molecule has 0 fully saturated rings. The van der Waals surface area contributed by atoms with E-state index in [4.69, 9.17) is 32.4 Å². The number of H-pyrrole nitrogens is 1. The first-order valence-electron chi connectivity index (χ1n) is 10.5. The van der Waals surface area contributed by atoms with Crippen molar-refractivity contribution in [2.75, 3.05) is 6.61 Å². The van der Waals surface area contributed by atoms with Crippen LogP contribution in [0.1, 0.15) is 54.8 Å². The van der Waals surface area contributed by atoms with E-state index in [9.17, 15) is 22.7 Å². The van der Waals surface area contributed by atoms with Gasteiger partial charge in [-0.15, -0.1) is 5.10 Å². The van der Waals surface area contributed by atoms with Crippen LogP contribution in [0.2, 0.25) is 10.0 Å². The lowest BCUT2D eigenvalue weighted by molar-refractivity contribution is 0.0135. The van der Waals surface area contributed by atoms with Gasteiger partial charge >= 0.3 is 5.76 Å². The Labute approximate surface area is 210 Å². The zero-order valence-corrected chi connectivity index (χ0v) is 21.2. The van der Waals surface area contributed by atoms with Gasteiger partial charge in [-0.1, -0.05) is 30.1 Å². The molecule has 13 heteroatoms. The number of hydrogen-bond donors (Lipinski definition) is 3. The number of halogens is 3. The van der Waals surface area contributed by atoms with Crippen molar-refractivity contribution >= 4 is 33.2 Å². The number of fused-ring (bicyclic) bond motifs is 1. The second-order valence-electron chi connectivity index (χ2n) is 8.53. The second kappa shape index (κ2) is 9.21. The molecule has 0 bridgehead atoms. The smallest absolute Gasteiger partial charge is 0.434 e. The third-order valence-electron chi connectivity index (χ3n) is 6.09. The first-order valence-corrected chi connectivity index (χ1v) is 12.8. The van der Waals surface area contributed by atoms with E-state index >= 15 is 0 Å². The topological polar surface area (TPSA) is 135 Å². The molecule has 3 aromatic rings. The zero-order valence-electron chi connectivity index (χ0n) is 18.9. The van der Waals surface area contributed by atoms with Crippen molar-refractivity contribution in [3.8, 4) is 5.75 Å². The average molecular weight is 546 g/mol. The number of aromatic nitrogens is 2. The number of nitrogens with one attached hydrogen (secondary N) is 2. The average Bonchev–Trinajstić information content (AvgIpc) is 3.20. The van der Waals surface area contributed by atoms with Crippen molar-refractivity contribution in [1.29, 1.82) is 0 Å². The van der Waals surface area contributed by atoms with Crippen LogP contribution in [0.25, 0.3) is 0 Å². The van der Waals surface area contributed by atoms with Crippen LogP contribution in [0.15, 0.2) is 38.4 Å². The summed E-state index contributed by atoms with van der Waals surface area (Å²) in [5.41, 5.74) is -0.766. The summed E-state index contributed by atoms with van der Waals surface area (Å²) >= 11 is 12.4. The van der Waals surface area contributed by atoms with Crippen LogP contribution in [0.4, 0.5) is 4.39 Å². The molecule has 0 radical (unpaired) electrons. The monoisotopic (exact) mass is 545 g/mol. The van der Waals surface area contributed by atoms with E-state index in [1.165, 1.54) is 31.2 Å². The Morgan fingerprint density at radius 2 is 1.94 bits per heavy atom. The summed E-state index contributed by atoms with van der Waals surface area (Å²) in [5, 5.41) is 17.1. The highest BCUT2D eigenvalue weighted by Gasteiger charge is 2.39. The van der Waals surface area contributed by atoms with Crippen molar-refractivity contribution in [3.05, 3.63) is 73.3 Å². The quantitative estimate of drug-likeness (QED) is 0.427. The molecule has 3 N–H and O–H groups in total. The van der Waals surface area contributed by atoms with E-state index in [-0.39, 0.29) is 50.7 Å². The normalized spacial score (nSPS) is 19.6. The van der Waals surface area contributed by atoms with E-state index in [0.29, 0.717) is 5.56 Å². The molecule has 0 saturated heterocycles. The minimum atomic E-state index is -4.41. The SMILES string of the molecule is Cc1c(Cl)ccc(F)c1[C@@H](C)[C@H](NS(=O)(=O)c1ccc(Cl)c2c1OCC[C@@]2(C)O)c1n[nH]c(=O)o1. The Morgan fingerprint density at radius 1 is 1.26 bits per heavy atom. The molecule has 1 aliphatic heterocycles. The minimum absolute atomic E-state index is 0.0594. The van der Waals surface area contributed by atoms with E-state index in [1.54, 1.807) is 13.8 Å². The molecule has 0 spiro atoms. The zero-order chi connectivity index (χ0) is 25.7. The van der Waals surface area contributed by atoms with Crippen molar-refractivity contribution in [3.63, 3.8) is 0 Å². The maximum atomic E-state index is 14.9. The number of benzene rings is 2. The van der Waals surface area contributed by atoms with Crippen LogP contribution in [-0.2, 0) is 15.6 Å². The molecule has 0 amide bonds. The Kier molecular flexibility index (Phi) is 6.75. The van der Waals surface area contributed by atoms with Crippen molar-refractivity contribution in [2.45, 2.75) is 49.6 Å². The Hall–Kier alpha value is -2.44. The lowest BCUT2D eigenvalue weighted by Gasteiger charge is -2.33. The van der Waals surface area contributed by atoms with Gasteiger partial charge in [-0.3, -0.25) is 0 Å². The maximum Gasteiger partial charge on any atom is 0.434 e.